The van der Waals surface area contributed by atoms with Crippen LogP contribution < -0.4 is 5.32 Å². The van der Waals surface area contributed by atoms with Crippen LogP contribution in [-0.4, -0.2) is 28.8 Å². The number of nitrogens with one attached hydrogen (secondary N) is 1. The maximum atomic E-state index is 12.5. The van der Waals surface area contributed by atoms with E-state index in [1.165, 1.54) is 30.5 Å². The Kier molecular flexibility index (Phi) is 5.86. The van der Waals surface area contributed by atoms with Crippen LogP contribution in [0.5, 0.6) is 0 Å². The third-order valence-corrected chi connectivity index (χ3v) is 5.04. The molecule has 1 fully saturated rings. The quantitative estimate of drug-likeness (QED) is 0.628. The van der Waals surface area contributed by atoms with E-state index in [0.717, 1.165) is 31.1 Å². The molecule has 0 aromatic heterocycles. The number of nitro benzene ring substituents is 1. The van der Waals surface area contributed by atoms with E-state index in [0.29, 0.717) is 11.3 Å². The van der Waals surface area contributed by atoms with Crippen LogP contribution in [-0.2, 0) is 6.54 Å². The van der Waals surface area contributed by atoms with Gasteiger partial charge in [0.1, 0.15) is 0 Å². The summed E-state index contributed by atoms with van der Waals surface area (Å²) in [5.41, 5.74) is 2.93. The van der Waals surface area contributed by atoms with Gasteiger partial charge in [-0.15, -0.1) is 0 Å². The highest BCUT2D eigenvalue weighted by Crippen LogP contribution is 2.23. The Morgan fingerprint density at radius 2 is 2.00 bits per heavy atom. The van der Waals surface area contributed by atoms with Gasteiger partial charge in [-0.05, 0) is 55.5 Å². The molecule has 1 aliphatic heterocycles. The van der Waals surface area contributed by atoms with Gasteiger partial charge < -0.3 is 5.32 Å². The van der Waals surface area contributed by atoms with Gasteiger partial charge in [-0.3, -0.25) is 19.8 Å². The largest absolute Gasteiger partial charge is 0.321 e. The number of carbonyl (C=O) groups excluding carboxylic acids is 1. The fraction of sp³-hybridized carbons (Fsp3) is 0.381. The van der Waals surface area contributed by atoms with Gasteiger partial charge in [0.25, 0.3) is 11.6 Å². The average molecular weight is 367 g/mol. The number of nitro groups is 1. The average Bonchev–Trinajstić information content (AvgIpc) is 2.64. The number of aryl methyl sites for hydroxylation is 1. The Labute approximate surface area is 159 Å². The number of carbonyl (C=O) groups is 1. The van der Waals surface area contributed by atoms with Crippen molar-refractivity contribution >= 4 is 17.3 Å². The number of piperidine rings is 1. The lowest BCUT2D eigenvalue weighted by atomic mass is 9.99. The molecule has 0 bridgehead atoms. The Balaban J connectivity index is 1.65. The molecule has 1 N–H and O–H groups in total. The van der Waals surface area contributed by atoms with Crippen molar-refractivity contribution in [3.8, 4) is 0 Å². The number of hydrogen-bond acceptors (Lipinski definition) is 4. The summed E-state index contributed by atoms with van der Waals surface area (Å²) in [6.45, 7) is 7.24. The third-order valence-electron chi connectivity index (χ3n) is 5.04. The molecule has 27 heavy (non-hydrogen) atoms. The van der Waals surface area contributed by atoms with Crippen molar-refractivity contribution in [3.63, 3.8) is 0 Å². The standard InChI is InChI=1S/C21H25N3O3/c1-15-4-3-11-23(13-15)14-17-6-8-18(9-7-17)21(25)22-20-12-19(24(26)27)10-5-16(20)2/h5-10,12,15H,3-4,11,13-14H2,1-2H3,(H,22,25)/t15-/m1/s1. The second kappa shape index (κ2) is 8.31. The zero-order valence-electron chi connectivity index (χ0n) is 15.8. The van der Waals surface area contributed by atoms with Gasteiger partial charge in [0, 0.05) is 30.8 Å². The van der Waals surface area contributed by atoms with Gasteiger partial charge in [0.15, 0.2) is 0 Å². The fourth-order valence-electron chi connectivity index (χ4n) is 3.50. The van der Waals surface area contributed by atoms with Crippen LogP contribution in [0.2, 0.25) is 0 Å². The van der Waals surface area contributed by atoms with Crippen molar-refractivity contribution in [1.29, 1.82) is 0 Å². The van der Waals surface area contributed by atoms with Gasteiger partial charge >= 0.3 is 0 Å². The molecule has 1 saturated heterocycles. The van der Waals surface area contributed by atoms with Gasteiger partial charge in [-0.2, -0.15) is 0 Å². The molecule has 0 aliphatic carbocycles. The predicted molar refractivity (Wildman–Crippen MR) is 106 cm³/mol. The van der Waals surface area contributed by atoms with E-state index in [9.17, 15) is 14.9 Å². The van der Waals surface area contributed by atoms with Gasteiger partial charge in [-0.1, -0.05) is 25.1 Å². The third kappa shape index (κ3) is 4.92. The molecule has 2 aromatic carbocycles. The van der Waals surface area contributed by atoms with Gasteiger partial charge in [0.2, 0.25) is 0 Å². The molecule has 1 aliphatic rings. The number of hydrogen-bond donors (Lipinski definition) is 1. The van der Waals surface area contributed by atoms with Crippen molar-refractivity contribution in [3.05, 3.63) is 69.3 Å². The summed E-state index contributed by atoms with van der Waals surface area (Å²) in [4.78, 5) is 25.4. The summed E-state index contributed by atoms with van der Waals surface area (Å²) < 4.78 is 0. The highest BCUT2D eigenvalue weighted by Gasteiger charge is 2.17. The topological polar surface area (TPSA) is 75.5 Å². The molecule has 0 unspecified atom stereocenters. The summed E-state index contributed by atoms with van der Waals surface area (Å²) in [5, 5.41) is 13.7. The second-order valence-corrected chi connectivity index (χ2v) is 7.39. The molecule has 0 spiro atoms. The van der Waals surface area contributed by atoms with Crippen LogP contribution in [0.4, 0.5) is 11.4 Å². The van der Waals surface area contributed by atoms with Crippen LogP contribution in [0.1, 0.15) is 41.3 Å². The molecule has 6 nitrogen and oxygen atoms in total. The van der Waals surface area contributed by atoms with Crippen molar-refractivity contribution in [1.82, 2.24) is 4.90 Å². The Morgan fingerprint density at radius 1 is 1.26 bits per heavy atom. The molecule has 142 valence electrons. The maximum Gasteiger partial charge on any atom is 0.271 e. The molecular weight excluding hydrogens is 342 g/mol. The Bertz CT molecular complexity index is 833. The van der Waals surface area contributed by atoms with Crippen LogP contribution in [0.15, 0.2) is 42.5 Å². The van der Waals surface area contributed by atoms with Crippen LogP contribution in [0.3, 0.4) is 0 Å². The molecule has 0 saturated carbocycles. The fourth-order valence-corrected chi connectivity index (χ4v) is 3.50. The number of likely N-dealkylation sites (tertiary alicyclic amines) is 1. The van der Waals surface area contributed by atoms with E-state index in [1.807, 2.05) is 31.2 Å². The highest BCUT2D eigenvalue weighted by molar-refractivity contribution is 6.04. The normalized spacial score (nSPS) is 17.5. The molecule has 1 amide bonds. The number of amides is 1. The number of nitrogens with zero attached hydrogens (tertiary/aromatic N) is 2. The maximum absolute atomic E-state index is 12.5. The molecule has 3 rings (SSSR count). The first kappa shape index (κ1) is 19.0. The SMILES string of the molecule is Cc1ccc([N+](=O)[O-])cc1NC(=O)c1ccc(CN2CCC[C@@H](C)C2)cc1. The van der Waals surface area contributed by atoms with E-state index in [2.05, 4.69) is 17.1 Å². The minimum Gasteiger partial charge on any atom is -0.321 e. The summed E-state index contributed by atoms with van der Waals surface area (Å²) in [6, 6.07) is 12.0. The summed E-state index contributed by atoms with van der Waals surface area (Å²) in [7, 11) is 0. The second-order valence-electron chi connectivity index (χ2n) is 7.39. The number of anilines is 1. The minimum atomic E-state index is -0.467. The predicted octanol–water partition coefficient (Wildman–Crippen LogP) is 4.39. The smallest absolute Gasteiger partial charge is 0.271 e. The van der Waals surface area contributed by atoms with Crippen molar-refractivity contribution in [2.75, 3.05) is 18.4 Å². The van der Waals surface area contributed by atoms with E-state index < -0.39 is 4.92 Å². The monoisotopic (exact) mass is 367 g/mol. The van der Waals surface area contributed by atoms with Gasteiger partial charge in [0.05, 0.1) is 10.6 Å². The molecular formula is C21H25N3O3. The Hall–Kier alpha value is -2.73. The highest BCUT2D eigenvalue weighted by atomic mass is 16.6. The van der Waals surface area contributed by atoms with E-state index in [-0.39, 0.29) is 11.6 Å². The number of rotatable bonds is 5. The zero-order chi connectivity index (χ0) is 19.4. The zero-order valence-corrected chi connectivity index (χ0v) is 15.8. The molecule has 1 heterocycles. The minimum absolute atomic E-state index is 0.0398. The number of non-ortho nitro benzene ring substituents is 1. The molecule has 2 aromatic rings. The first-order valence-corrected chi connectivity index (χ1v) is 9.30. The van der Waals surface area contributed by atoms with Crippen molar-refractivity contribution in [2.45, 2.75) is 33.2 Å². The van der Waals surface area contributed by atoms with Crippen molar-refractivity contribution in [2.24, 2.45) is 5.92 Å². The molecule has 1 atom stereocenters. The lowest BCUT2D eigenvalue weighted by Crippen LogP contribution is -2.33. The summed E-state index contributed by atoms with van der Waals surface area (Å²) in [6.07, 6.45) is 2.54. The number of benzene rings is 2. The Morgan fingerprint density at radius 3 is 2.67 bits per heavy atom. The van der Waals surface area contributed by atoms with Gasteiger partial charge in [-0.25, -0.2) is 0 Å². The van der Waals surface area contributed by atoms with E-state index in [4.69, 9.17) is 0 Å². The first-order chi connectivity index (χ1) is 12.9. The van der Waals surface area contributed by atoms with E-state index >= 15 is 0 Å². The van der Waals surface area contributed by atoms with Crippen LogP contribution in [0, 0.1) is 23.0 Å². The van der Waals surface area contributed by atoms with E-state index in [1.54, 1.807) is 6.07 Å². The molecule has 0 radical (unpaired) electrons. The summed E-state index contributed by atoms with van der Waals surface area (Å²) in [5.74, 6) is 0.471. The lowest BCUT2D eigenvalue weighted by Gasteiger charge is -2.30. The van der Waals surface area contributed by atoms with Crippen molar-refractivity contribution < 1.29 is 9.72 Å². The summed E-state index contributed by atoms with van der Waals surface area (Å²) >= 11 is 0. The van der Waals surface area contributed by atoms with Crippen LogP contribution in [0.25, 0.3) is 0 Å². The lowest BCUT2D eigenvalue weighted by molar-refractivity contribution is -0.384. The molecule has 6 heteroatoms. The first-order valence-electron chi connectivity index (χ1n) is 9.30. The van der Waals surface area contributed by atoms with Crippen LogP contribution >= 0.6 is 0 Å².